The molecule has 0 saturated carbocycles. The molecule has 2 saturated heterocycles. The zero-order valence-electron chi connectivity index (χ0n) is 14.4. The van der Waals surface area contributed by atoms with E-state index in [4.69, 9.17) is 4.74 Å². The number of rotatable bonds is 3. The third-order valence-electron chi connectivity index (χ3n) is 4.85. The quantitative estimate of drug-likeness (QED) is 0.906. The van der Waals surface area contributed by atoms with Gasteiger partial charge in [0.1, 0.15) is 0 Å². The lowest BCUT2D eigenvalue weighted by molar-refractivity contribution is -0.153. The highest BCUT2D eigenvalue weighted by Gasteiger charge is 2.40. The number of likely N-dealkylation sites (N-methyl/N-ethyl adjacent to an activating group) is 1. The third-order valence-corrected chi connectivity index (χ3v) is 4.85. The normalized spacial score (nSPS) is 24.1. The number of ether oxygens (including phenoxy) is 1. The molecule has 2 aliphatic rings. The highest BCUT2D eigenvalue weighted by molar-refractivity contribution is 5.95. The Hall–Kier alpha value is -2.08. The molecule has 2 heterocycles. The van der Waals surface area contributed by atoms with Gasteiger partial charge in [-0.05, 0) is 44.0 Å². The minimum absolute atomic E-state index is 0.0543. The van der Waals surface area contributed by atoms with Crippen molar-refractivity contribution in [1.82, 2.24) is 10.2 Å². The van der Waals surface area contributed by atoms with Gasteiger partial charge in [0, 0.05) is 37.9 Å². The molecule has 0 radical (unpaired) electrons. The van der Waals surface area contributed by atoms with E-state index in [1.807, 2.05) is 24.3 Å². The number of hydrogen-bond donors (Lipinski definition) is 1. The minimum atomic E-state index is -0.988. The van der Waals surface area contributed by atoms with E-state index in [1.54, 1.807) is 18.9 Å². The molecule has 0 aliphatic carbocycles. The number of morpholine rings is 1. The van der Waals surface area contributed by atoms with Crippen LogP contribution in [-0.2, 0) is 9.53 Å². The van der Waals surface area contributed by atoms with Crippen molar-refractivity contribution in [3.05, 3.63) is 29.8 Å². The van der Waals surface area contributed by atoms with Gasteiger partial charge in [-0.25, -0.2) is 0 Å². The predicted octanol–water partition coefficient (Wildman–Crippen LogP) is 1.26. The molecule has 24 heavy (non-hydrogen) atoms. The van der Waals surface area contributed by atoms with E-state index in [2.05, 4.69) is 10.2 Å². The highest BCUT2D eigenvalue weighted by atomic mass is 16.5. The van der Waals surface area contributed by atoms with E-state index >= 15 is 0 Å². The molecule has 2 aliphatic heterocycles. The molecule has 1 aromatic rings. The second-order valence-corrected chi connectivity index (χ2v) is 6.63. The molecule has 6 heteroatoms. The third kappa shape index (κ3) is 3.24. The van der Waals surface area contributed by atoms with Gasteiger partial charge >= 0.3 is 0 Å². The van der Waals surface area contributed by atoms with Crippen LogP contribution in [-0.4, -0.2) is 62.1 Å². The average Bonchev–Trinajstić information content (AvgIpc) is 3.15. The molecular weight excluding hydrogens is 306 g/mol. The molecular formula is C18H25N3O3. The van der Waals surface area contributed by atoms with Crippen LogP contribution in [0.4, 0.5) is 5.69 Å². The first-order valence-electron chi connectivity index (χ1n) is 8.54. The number of nitrogens with zero attached hydrogens (tertiary/aromatic N) is 2. The standard InChI is InChI=1S/C18H25N3O3/c1-18(17(23)19-2)13-21(11-12-24-18)16(22)14-5-7-15(8-6-14)20-9-3-4-10-20/h5-8H,3-4,9-13H2,1-2H3,(H,19,23)/t18-/m0/s1. The van der Waals surface area contributed by atoms with Crippen LogP contribution in [0.1, 0.15) is 30.1 Å². The summed E-state index contributed by atoms with van der Waals surface area (Å²) in [6.45, 7) is 5.02. The molecule has 1 aromatic carbocycles. The van der Waals surface area contributed by atoms with Crippen LogP contribution in [0.15, 0.2) is 24.3 Å². The van der Waals surface area contributed by atoms with Crippen molar-refractivity contribution in [2.24, 2.45) is 0 Å². The zero-order valence-corrected chi connectivity index (χ0v) is 14.4. The fourth-order valence-corrected chi connectivity index (χ4v) is 3.42. The lowest BCUT2D eigenvalue weighted by atomic mass is 10.0. The van der Waals surface area contributed by atoms with Gasteiger partial charge in [0.15, 0.2) is 5.60 Å². The summed E-state index contributed by atoms with van der Waals surface area (Å²) >= 11 is 0. The van der Waals surface area contributed by atoms with Gasteiger partial charge < -0.3 is 19.9 Å². The Balaban J connectivity index is 1.70. The molecule has 2 fully saturated rings. The number of nitrogens with one attached hydrogen (secondary N) is 1. The Labute approximate surface area is 142 Å². The lowest BCUT2D eigenvalue weighted by Crippen LogP contribution is -2.58. The van der Waals surface area contributed by atoms with Gasteiger partial charge in [0.2, 0.25) is 0 Å². The Kier molecular flexibility index (Phi) is 4.76. The van der Waals surface area contributed by atoms with Crippen molar-refractivity contribution < 1.29 is 14.3 Å². The van der Waals surface area contributed by atoms with Crippen molar-refractivity contribution in [3.63, 3.8) is 0 Å². The maximum atomic E-state index is 12.8. The summed E-state index contributed by atoms with van der Waals surface area (Å²) in [5.74, 6) is -0.259. The minimum Gasteiger partial charge on any atom is -0.372 e. The molecule has 0 unspecified atom stereocenters. The highest BCUT2D eigenvalue weighted by Crippen LogP contribution is 2.23. The maximum Gasteiger partial charge on any atom is 0.254 e. The van der Waals surface area contributed by atoms with Gasteiger partial charge in [-0.3, -0.25) is 9.59 Å². The van der Waals surface area contributed by atoms with Crippen molar-refractivity contribution >= 4 is 17.5 Å². The van der Waals surface area contributed by atoms with Crippen molar-refractivity contribution in [2.45, 2.75) is 25.4 Å². The number of carbonyl (C=O) groups is 2. The zero-order chi connectivity index (χ0) is 17.2. The Bertz CT molecular complexity index is 610. The van der Waals surface area contributed by atoms with Gasteiger partial charge in [-0.15, -0.1) is 0 Å². The van der Waals surface area contributed by atoms with Crippen LogP contribution in [0, 0.1) is 0 Å². The van der Waals surface area contributed by atoms with Gasteiger partial charge in [-0.2, -0.15) is 0 Å². The molecule has 0 bridgehead atoms. The van der Waals surface area contributed by atoms with Crippen LogP contribution in [0.5, 0.6) is 0 Å². The molecule has 1 atom stereocenters. The average molecular weight is 331 g/mol. The number of carbonyl (C=O) groups excluding carboxylic acids is 2. The van der Waals surface area contributed by atoms with Crippen molar-refractivity contribution in [2.75, 3.05) is 44.7 Å². The Morgan fingerprint density at radius 2 is 1.79 bits per heavy atom. The molecule has 0 aromatic heterocycles. The second-order valence-electron chi connectivity index (χ2n) is 6.63. The fraction of sp³-hybridized carbons (Fsp3) is 0.556. The number of amides is 2. The van der Waals surface area contributed by atoms with Crippen LogP contribution >= 0.6 is 0 Å². The van der Waals surface area contributed by atoms with E-state index in [9.17, 15) is 9.59 Å². The summed E-state index contributed by atoms with van der Waals surface area (Å²) < 4.78 is 5.61. The molecule has 1 N–H and O–H groups in total. The summed E-state index contributed by atoms with van der Waals surface area (Å²) in [5.41, 5.74) is 0.832. The van der Waals surface area contributed by atoms with E-state index in [0.717, 1.165) is 13.1 Å². The predicted molar refractivity (Wildman–Crippen MR) is 92.2 cm³/mol. The SMILES string of the molecule is CNC(=O)[C@]1(C)CN(C(=O)c2ccc(N3CCCC3)cc2)CCO1. The summed E-state index contributed by atoms with van der Waals surface area (Å²) in [6.07, 6.45) is 2.46. The monoisotopic (exact) mass is 331 g/mol. The van der Waals surface area contributed by atoms with E-state index in [-0.39, 0.29) is 18.4 Å². The summed E-state index contributed by atoms with van der Waals surface area (Å²) in [7, 11) is 1.58. The smallest absolute Gasteiger partial charge is 0.254 e. The molecule has 6 nitrogen and oxygen atoms in total. The van der Waals surface area contributed by atoms with E-state index in [1.165, 1.54) is 18.5 Å². The summed E-state index contributed by atoms with van der Waals surface area (Å²) in [6, 6.07) is 7.78. The Morgan fingerprint density at radius 1 is 1.12 bits per heavy atom. The van der Waals surface area contributed by atoms with Gasteiger partial charge in [-0.1, -0.05) is 0 Å². The first-order chi connectivity index (χ1) is 11.5. The lowest BCUT2D eigenvalue weighted by Gasteiger charge is -2.39. The van der Waals surface area contributed by atoms with Crippen LogP contribution < -0.4 is 10.2 Å². The van der Waals surface area contributed by atoms with E-state index in [0.29, 0.717) is 18.7 Å². The summed E-state index contributed by atoms with van der Waals surface area (Å²) in [4.78, 5) is 28.8. The second kappa shape index (κ2) is 6.81. The molecule has 130 valence electrons. The first kappa shape index (κ1) is 16.8. The maximum absolute atomic E-state index is 12.8. The van der Waals surface area contributed by atoms with Crippen LogP contribution in [0.3, 0.4) is 0 Å². The Morgan fingerprint density at radius 3 is 2.42 bits per heavy atom. The molecule has 2 amide bonds. The largest absolute Gasteiger partial charge is 0.372 e. The van der Waals surface area contributed by atoms with Gasteiger partial charge in [0.05, 0.1) is 13.2 Å². The number of benzene rings is 1. The molecule has 3 rings (SSSR count). The fourth-order valence-electron chi connectivity index (χ4n) is 3.42. The number of anilines is 1. The summed E-state index contributed by atoms with van der Waals surface area (Å²) in [5, 5.41) is 2.61. The van der Waals surface area contributed by atoms with Crippen LogP contribution in [0.2, 0.25) is 0 Å². The first-order valence-corrected chi connectivity index (χ1v) is 8.54. The van der Waals surface area contributed by atoms with Crippen molar-refractivity contribution in [1.29, 1.82) is 0 Å². The number of hydrogen-bond acceptors (Lipinski definition) is 4. The topological polar surface area (TPSA) is 61.9 Å². The van der Waals surface area contributed by atoms with Crippen molar-refractivity contribution in [3.8, 4) is 0 Å². The van der Waals surface area contributed by atoms with Crippen LogP contribution in [0.25, 0.3) is 0 Å². The van der Waals surface area contributed by atoms with Gasteiger partial charge in [0.25, 0.3) is 11.8 Å². The van der Waals surface area contributed by atoms with E-state index < -0.39 is 5.60 Å². The molecule has 0 spiro atoms.